The predicted molar refractivity (Wildman–Crippen MR) is 49.5 cm³/mol. The van der Waals surface area contributed by atoms with Crippen molar-refractivity contribution in [3.05, 3.63) is 0 Å². The van der Waals surface area contributed by atoms with E-state index in [0.29, 0.717) is 0 Å². The van der Waals surface area contributed by atoms with Crippen molar-refractivity contribution in [2.45, 2.75) is 18.7 Å². The summed E-state index contributed by atoms with van der Waals surface area (Å²) in [5, 5.41) is 1.42. The van der Waals surface area contributed by atoms with Crippen LogP contribution in [0.25, 0.3) is 0 Å². The Morgan fingerprint density at radius 1 is 1.50 bits per heavy atom. The van der Waals surface area contributed by atoms with Crippen LogP contribution >= 0.6 is 29.8 Å². The third-order valence-corrected chi connectivity index (χ3v) is 10.3. The first kappa shape index (κ1) is 9.57. The zero-order valence-corrected chi connectivity index (χ0v) is 9.21. The van der Waals surface area contributed by atoms with Crippen LogP contribution in [0.5, 0.6) is 0 Å². The predicted octanol–water partition coefficient (Wildman–Crippen LogP) is 3.09. The van der Waals surface area contributed by atoms with Gasteiger partial charge in [0.05, 0.1) is 0 Å². The van der Waals surface area contributed by atoms with Gasteiger partial charge in [0.15, 0.2) is 0 Å². The average molecular weight is 233 g/mol. The average Bonchev–Trinajstić information content (AvgIpc) is 1.81. The second-order valence-electron chi connectivity index (χ2n) is 1.12. The molecule has 0 aromatic rings. The van der Waals surface area contributed by atoms with Crippen molar-refractivity contribution in [1.29, 1.82) is 0 Å². The van der Waals surface area contributed by atoms with Gasteiger partial charge < -0.3 is 0 Å². The molecule has 0 heterocycles. The topological polar surface area (TPSA) is 0 Å². The van der Waals surface area contributed by atoms with E-state index in [4.69, 9.17) is 0 Å². The van der Waals surface area contributed by atoms with Crippen LogP contribution in [0.3, 0.4) is 0 Å². The first-order valence-electron chi connectivity index (χ1n) is 2.40. The summed E-state index contributed by atoms with van der Waals surface area (Å²) in [6, 6.07) is 0. The van der Waals surface area contributed by atoms with Gasteiger partial charge >= 0.3 is 68.6 Å². The van der Waals surface area contributed by atoms with E-state index in [1.165, 1.54) is 11.7 Å². The van der Waals surface area contributed by atoms with E-state index in [-0.39, 0.29) is 0 Å². The zero-order chi connectivity index (χ0) is 6.24. The van der Waals surface area contributed by atoms with Crippen LogP contribution in [-0.2, 0) is 0 Å². The minimum atomic E-state index is 0.836. The molecule has 0 aromatic heterocycles. The molecule has 0 unspecified atom stereocenters. The van der Waals surface area contributed by atoms with Gasteiger partial charge in [-0.05, 0) is 0 Å². The van der Waals surface area contributed by atoms with Crippen molar-refractivity contribution >= 4 is 43.7 Å². The van der Waals surface area contributed by atoms with Crippen LogP contribution in [0, 0.1) is 0 Å². The van der Waals surface area contributed by atoms with E-state index in [1.807, 2.05) is 29.8 Å². The molecule has 0 radical (unpaired) electrons. The molecule has 0 aromatic carbocycles. The van der Waals surface area contributed by atoms with Gasteiger partial charge in [0.25, 0.3) is 0 Å². The van der Waals surface area contributed by atoms with Gasteiger partial charge in [-0.1, -0.05) is 0 Å². The monoisotopic (exact) mass is 234 g/mol. The fourth-order valence-corrected chi connectivity index (χ4v) is 9.54. The quantitative estimate of drug-likeness (QED) is 0.407. The number of hydrogen-bond acceptors (Lipinski definition) is 3. The first-order valence-corrected chi connectivity index (χ1v) is 9.53. The molecular weight excluding hydrogens is 223 g/mol. The summed E-state index contributed by atoms with van der Waals surface area (Å²) in [7, 11) is 5.78. The Morgan fingerprint density at radius 2 is 2.25 bits per heavy atom. The molecule has 0 nitrogen and oxygen atoms in total. The van der Waals surface area contributed by atoms with E-state index in [2.05, 4.69) is 13.2 Å². The van der Waals surface area contributed by atoms with Gasteiger partial charge in [-0.15, -0.1) is 0 Å². The summed E-state index contributed by atoms with van der Waals surface area (Å²) in [5.74, 6) is 0. The van der Waals surface area contributed by atoms with Crippen molar-refractivity contribution in [1.82, 2.24) is 0 Å². The minimum absolute atomic E-state index is 0.836. The zero-order valence-electron chi connectivity index (χ0n) is 5.05. The second kappa shape index (κ2) is 8.57. The molecule has 0 amide bonds. The third-order valence-electron chi connectivity index (χ3n) is 0.431. The second-order valence-corrected chi connectivity index (χ2v) is 9.92. The molecule has 0 atom stereocenters. The van der Waals surface area contributed by atoms with Crippen LogP contribution in [0.4, 0.5) is 0 Å². The Labute approximate surface area is 68.4 Å². The molecule has 0 aliphatic carbocycles. The number of hydrogen-bond donors (Lipinski definition) is 0. The van der Waals surface area contributed by atoms with Crippen LogP contribution < -0.4 is 0 Å². The SMILES string of the molecule is CCC[Se]SSSC. The summed E-state index contributed by atoms with van der Waals surface area (Å²) >= 11 is 0.836. The Bertz CT molecular complexity index is 36.3. The Balaban J connectivity index is 2.53. The van der Waals surface area contributed by atoms with Crippen LogP contribution in [0.1, 0.15) is 13.3 Å². The van der Waals surface area contributed by atoms with Gasteiger partial charge in [-0.25, -0.2) is 0 Å². The molecule has 0 fully saturated rings. The van der Waals surface area contributed by atoms with Crippen molar-refractivity contribution in [2.75, 3.05) is 6.26 Å². The summed E-state index contributed by atoms with van der Waals surface area (Å²) in [6.45, 7) is 2.24. The standard InChI is InChI=1S/C4H10S3Se/c1-3-4-8-7-6-5-2/h3-4H2,1-2H3. The van der Waals surface area contributed by atoms with Crippen LogP contribution in [0.2, 0.25) is 5.32 Å². The summed E-state index contributed by atoms with van der Waals surface area (Å²) < 4.78 is 0. The molecule has 50 valence electrons. The van der Waals surface area contributed by atoms with Gasteiger partial charge in [0.1, 0.15) is 0 Å². The molecule has 0 aliphatic rings. The van der Waals surface area contributed by atoms with Gasteiger partial charge in [0, 0.05) is 0 Å². The van der Waals surface area contributed by atoms with E-state index >= 15 is 0 Å². The molecule has 0 spiro atoms. The molecular formula is C4H10S3Se. The molecule has 8 heavy (non-hydrogen) atoms. The summed E-state index contributed by atoms with van der Waals surface area (Å²) in [5.41, 5.74) is 0. The van der Waals surface area contributed by atoms with E-state index < -0.39 is 0 Å². The fraction of sp³-hybridized carbons (Fsp3) is 1.00. The van der Waals surface area contributed by atoms with Crippen molar-refractivity contribution in [3.63, 3.8) is 0 Å². The Morgan fingerprint density at radius 3 is 2.75 bits per heavy atom. The van der Waals surface area contributed by atoms with Crippen molar-refractivity contribution in [2.24, 2.45) is 0 Å². The maximum atomic E-state index is 2.24. The molecule has 0 aliphatic heterocycles. The van der Waals surface area contributed by atoms with Gasteiger partial charge in [-0.3, -0.25) is 0 Å². The fourth-order valence-electron chi connectivity index (χ4n) is 0.165. The van der Waals surface area contributed by atoms with Crippen molar-refractivity contribution < 1.29 is 0 Å². The Kier molecular flexibility index (Phi) is 10.3. The Hall–Kier alpha value is 1.57. The van der Waals surface area contributed by atoms with Gasteiger partial charge in [0.2, 0.25) is 0 Å². The maximum absolute atomic E-state index is 2.24. The molecule has 0 saturated carbocycles. The third kappa shape index (κ3) is 7.57. The van der Waals surface area contributed by atoms with Gasteiger partial charge in [-0.2, -0.15) is 0 Å². The molecule has 4 heteroatoms. The number of rotatable bonds is 5. The van der Waals surface area contributed by atoms with Crippen LogP contribution in [-0.4, -0.2) is 20.1 Å². The molecule has 0 N–H and O–H groups in total. The summed E-state index contributed by atoms with van der Waals surface area (Å²) in [4.78, 5) is 0. The van der Waals surface area contributed by atoms with E-state index in [9.17, 15) is 0 Å². The first-order chi connectivity index (χ1) is 3.91. The molecule has 0 saturated heterocycles. The summed E-state index contributed by atoms with van der Waals surface area (Å²) in [6.07, 6.45) is 3.47. The molecule has 0 bridgehead atoms. The van der Waals surface area contributed by atoms with E-state index in [1.54, 1.807) is 0 Å². The van der Waals surface area contributed by atoms with Crippen molar-refractivity contribution in [3.8, 4) is 0 Å². The van der Waals surface area contributed by atoms with Crippen LogP contribution in [0.15, 0.2) is 0 Å². The van der Waals surface area contributed by atoms with E-state index in [0.717, 1.165) is 13.8 Å². The normalized spacial score (nSPS) is 9.75. The molecule has 0 rings (SSSR count).